The fraction of sp³-hybridized carbons (Fsp3) is 0.533. The number of aliphatic hydroxyl groups is 1. The summed E-state index contributed by atoms with van der Waals surface area (Å²) in [6.07, 6.45) is 1.97. The van der Waals surface area contributed by atoms with Gasteiger partial charge in [-0.2, -0.15) is 0 Å². The van der Waals surface area contributed by atoms with E-state index in [-0.39, 0.29) is 18.8 Å². The molecule has 0 aliphatic carbocycles. The van der Waals surface area contributed by atoms with Crippen molar-refractivity contribution in [3.63, 3.8) is 0 Å². The number of nitrogens with one attached hydrogen (secondary N) is 1. The predicted molar refractivity (Wildman–Crippen MR) is 81.6 cm³/mol. The molecule has 3 heterocycles. The number of rotatable bonds is 4. The van der Waals surface area contributed by atoms with E-state index in [1.165, 1.54) is 0 Å². The molecular weight excluding hydrogens is 268 g/mol. The van der Waals surface area contributed by atoms with Gasteiger partial charge in [0, 0.05) is 25.8 Å². The van der Waals surface area contributed by atoms with Crippen LogP contribution in [0.3, 0.4) is 0 Å². The minimum absolute atomic E-state index is 0.0373. The number of ether oxygens (including phenoxy) is 1. The van der Waals surface area contributed by atoms with Crippen LogP contribution in [-0.4, -0.2) is 53.4 Å². The summed E-state index contributed by atoms with van der Waals surface area (Å²) in [6.45, 7) is 4.27. The van der Waals surface area contributed by atoms with Crippen molar-refractivity contribution < 1.29 is 9.84 Å². The molecule has 6 heteroatoms. The highest BCUT2D eigenvalue weighted by Crippen LogP contribution is 2.25. The van der Waals surface area contributed by atoms with E-state index in [0.29, 0.717) is 6.54 Å². The number of aliphatic hydroxyl groups excluding tert-OH is 1. The summed E-state index contributed by atoms with van der Waals surface area (Å²) in [5, 5.41) is 12.6. The molecule has 0 radical (unpaired) electrons. The van der Waals surface area contributed by atoms with Gasteiger partial charge in [0.25, 0.3) is 0 Å². The SMILES string of the molecule is CNCc1c(N2CC(C)OC(CO)C2)nc2ccccn12. The summed E-state index contributed by atoms with van der Waals surface area (Å²) >= 11 is 0. The Balaban J connectivity index is 2.00. The summed E-state index contributed by atoms with van der Waals surface area (Å²) in [4.78, 5) is 6.99. The van der Waals surface area contributed by atoms with Gasteiger partial charge in [-0.1, -0.05) is 6.07 Å². The van der Waals surface area contributed by atoms with Crippen molar-refractivity contribution in [2.45, 2.75) is 25.7 Å². The average Bonchev–Trinajstić information content (AvgIpc) is 2.86. The standard InChI is InChI=1S/C15H22N4O2/c1-11-8-18(9-12(10-20)21-11)15-13(7-16-2)19-6-4-3-5-14(19)17-15/h3-6,11-12,16,20H,7-10H2,1-2H3. The normalized spacial score (nSPS) is 22.9. The summed E-state index contributed by atoms with van der Waals surface area (Å²) in [7, 11) is 1.94. The third kappa shape index (κ3) is 2.74. The Morgan fingerprint density at radius 1 is 1.43 bits per heavy atom. The van der Waals surface area contributed by atoms with E-state index in [9.17, 15) is 5.11 Å². The minimum atomic E-state index is -0.152. The first-order chi connectivity index (χ1) is 10.2. The van der Waals surface area contributed by atoms with E-state index < -0.39 is 0 Å². The maximum absolute atomic E-state index is 9.40. The van der Waals surface area contributed by atoms with Crippen molar-refractivity contribution in [2.24, 2.45) is 0 Å². The molecule has 0 aromatic carbocycles. The fourth-order valence-corrected chi connectivity index (χ4v) is 2.94. The number of imidazole rings is 1. The Kier molecular flexibility index (Phi) is 4.10. The van der Waals surface area contributed by atoms with E-state index in [1.807, 2.05) is 38.4 Å². The Labute approximate surface area is 124 Å². The molecule has 0 saturated carbocycles. The van der Waals surface area contributed by atoms with Crippen LogP contribution in [0.5, 0.6) is 0 Å². The number of hydrogen-bond donors (Lipinski definition) is 2. The van der Waals surface area contributed by atoms with Gasteiger partial charge in [-0.05, 0) is 26.1 Å². The second-order valence-electron chi connectivity index (χ2n) is 5.50. The summed E-state index contributed by atoms with van der Waals surface area (Å²) in [5.41, 5.74) is 2.08. The van der Waals surface area contributed by atoms with Gasteiger partial charge in [0.1, 0.15) is 5.65 Å². The molecule has 1 saturated heterocycles. The maximum Gasteiger partial charge on any atom is 0.152 e. The van der Waals surface area contributed by atoms with Crippen molar-refractivity contribution in [3.05, 3.63) is 30.1 Å². The van der Waals surface area contributed by atoms with Crippen molar-refractivity contribution in [2.75, 3.05) is 31.6 Å². The Morgan fingerprint density at radius 2 is 2.29 bits per heavy atom. The number of fused-ring (bicyclic) bond motifs is 1. The number of anilines is 1. The Morgan fingerprint density at radius 3 is 3.05 bits per heavy atom. The van der Waals surface area contributed by atoms with Crippen molar-refractivity contribution in [1.29, 1.82) is 0 Å². The Bertz CT molecular complexity index is 613. The first-order valence-corrected chi connectivity index (χ1v) is 7.34. The van der Waals surface area contributed by atoms with E-state index in [2.05, 4.69) is 14.6 Å². The molecular formula is C15H22N4O2. The zero-order chi connectivity index (χ0) is 14.8. The van der Waals surface area contributed by atoms with Gasteiger partial charge in [-0.25, -0.2) is 4.98 Å². The van der Waals surface area contributed by atoms with Crippen LogP contribution < -0.4 is 10.2 Å². The summed E-state index contributed by atoms with van der Waals surface area (Å²) < 4.78 is 7.83. The molecule has 1 aliphatic heterocycles. The molecule has 2 aromatic heterocycles. The lowest BCUT2D eigenvalue weighted by Crippen LogP contribution is -2.48. The lowest BCUT2D eigenvalue weighted by atomic mass is 10.2. The smallest absolute Gasteiger partial charge is 0.152 e. The van der Waals surface area contributed by atoms with Gasteiger partial charge in [0.15, 0.2) is 5.82 Å². The molecule has 1 aliphatic rings. The zero-order valence-corrected chi connectivity index (χ0v) is 12.5. The number of aromatic nitrogens is 2. The molecule has 114 valence electrons. The summed E-state index contributed by atoms with van der Waals surface area (Å²) in [6, 6.07) is 6.01. The van der Waals surface area contributed by atoms with E-state index in [0.717, 1.165) is 30.2 Å². The van der Waals surface area contributed by atoms with Crippen LogP contribution in [0.25, 0.3) is 5.65 Å². The molecule has 6 nitrogen and oxygen atoms in total. The van der Waals surface area contributed by atoms with Gasteiger partial charge < -0.3 is 24.5 Å². The fourth-order valence-electron chi connectivity index (χ4n) is 2.94. The Hall–Kier alpha value is -1.63. The first-order valence-electron chi connectivity index (χ1n) is 7.34. The largest absolute Gasteiger partial charge is 0.394 e. The van der Waals surface area contributed by atoms with Gasteiger partial charge in [-0.15, -0.1) is 0 Å². The molecule has 0 spiro atoms. The lowest BCUT2D eigenvalue weighted by molar-refractivity contribution is -0.0423. The second kappa shape index (κ2) is 6.01. The quantitative estimate of drug-likeness (QED) is 0.865. The van der Waals surface area contributed by atoms with E-state index in [1.54, 1.807) is 0 Å². The molecule has 2 unspecified atom stereocenters. The molecule has 2 aromatic rings. The van der Waals surface area contributed by atoms with Crippen LogP contribution in [0, 0.1) is 0 Å². The van der Waals surface area contributed by atoms with Crippen LogP contribution in [0.2, 0.25) is 0 Å². The molecule has 2 atom stereocenters. The third-order valence-electron chi connectivity index (χ3n) is 3.78. The van der Waals surface area contributed by atoms with Crippen LogP contribution >= 0.6 is 0 Å². The van der Waals surface area contributed by atoms with E-state index in [4.69, 9.17) is 9.72 Å². The number of pyridine rings is 1. The minimum Gasteiger partial charge on any atom is -0.394 e. The van der Waals surface area contributed by atoms with Gasteiger partial charge in [0.2, 0.25) is 0 Å². The highest BCUT2D eigenvalue weighted by Gasteiger charge is 2.28. The topological polar surface area (TPSA) is 62.0 Å². The van der Waals surface area contributed by atoms with Gasteiger partial charge >= 0.3 is 0 Å². The molecule has 1 fully saturated rings. The number of nitrogens with zero attached hydrogens (tertiary/aromatic N) is 3. The van der Waals surface area contributed by atoms with Crippen molar-refractivity contribution in [1.82, 2.24) is 14.7 Å². The van der Waals surface area contributed by atoms with Crippen LogP contribution in [0.15, 0.2) is 24.4 Å². The summed E-state index contributed by atoms with van der Waals surface area (Å²) in [5.74, 6) is 0.976. The monoisotopic (exact) mass is 290 g/mol. The molecule has 0 bridgehead atoms. The van der Waals surface area contributed by atoms with E-state index >= 15 is 0 Å². The third-order valence-corrected chi connectivity index (χ3v) is 3.78. The molecule has 2 N–H and O–H groups in total. The maximum atomic E-state index is 9.40. The highest BCUT2D eigenvalue weighted by molar-refractivity contribution is 5.56. The first kappa shape index (κ1) is 14.3. The van der Waals surface area contributed by atoms with Crippen molar-refractivity contribution in [3.8, 4) is 0 Å². The van der Waals surface area contributed by atoms with Crippen LogP contribution in [0.4, 0.5) is 5.82 Å². The lowest BCUT2D eigenvalue weighted by Gasteiger charge is -2.36. The molecule has 0 amide bonds. The number of morpholine rings is 1. The average molecular weight is 290 g/mol. The predicted octanol–water partition coefficient (Wildman–Crippen LogP) is 0.640. The zero-order valence-electron chi connectivity index (χ0n) is 12.5. The van der Waals surface area contributed by atoms with Crippen LogP contribution in [0.1, 0.15) is 12.6 Å². The van der Waals surface area contributed by atoms with Gasteiger partial charge in [-0.3, -0.25) is 0 Å². The number of hydrogen-bond acceptors (Lipinski definition) is 5. The second-order valence-corrected chi connectivity index (χ2v) is 5.50. The van der Waals surface area contributed by atoms with Crippen LogP contribution in [-0.2, 0) is 11.3 Å². The van der Waals surface area contributed by atoms with Gasteiger partial charge in [0.05, 0.1) is 24.5 Å². The molecule has 21 heavy (non-hydrogen) atoms. The highest BCUT2D eigenvalue weighted by atomic mass is 16.5. The van der Waals surface area contributed by atoms with Crippen molar-refractivity contribution >= 4 is 11.5 Å². The molecule has 3 rings (SSSR count).